The molecule has 0 bridgehead atoms. The standard InChI is InChI=1S/C21H22N4O3/c1-14(2)21(28)24-16-7-5-6-15(12-16)23-20(27)10-11-25-18-9-4-3-8-17(18)19(26)13-22-25/h3-9,12-14H,10-11H2,1-2H3,(H,23,27)(H,24,28). The highest BCUT2D eigenvalue weighted by Crippen LogP contribution is 2.16. The van der Waals surface area contributed by atoms with Crippen LogP contribution in [0, 0.1) is 5.92 Å². The first-order valence-corrected chi connectivity index (χ1v) is 9.09. The molecule has 1 aromatic heterocycles. The van der Waals surface area contributed by atoms with Crippen molar-refractivity contribution >= 4 is 34.1 Å². The van der Waals surface area contributed by atoms with E-state index in [9.17, 15) is 14.4 Å². The van der Waals surface area contributed by atoms with E-state index in [-0.39, 0.29) is 29.6 Å². The maximum absolute atomic E-state index is 12.3. The maximum atomic E-state index is 12.3. The van der Waals surface area contributed by atoms with Gasteiger partial charge in [-0.1, -0.05) is 32.0 Å². The number of nitrogens with zero attached hydrogens (tertiary/aromatic N) is 2. The molecule has 0 aliphatic rings. The Bertz CT molecular complexity index is 1070. The van der Waals surface area contributed by atoms with Gasteiger partial charge in [0.25, 0.3) is 0 Å². The van der Waals surface area contributed by atoms with Crippen molar-refractivity contribution in [2.45, 2.75) is 26.8 Å². The van der Waals surface area contributed by atoms with Gasteiger partial charge in [0.1, 0.15) is 0 Å². The molecule has 0 fully saturated rings. The highest BCUT2D eigenvalue weighted by atomic mass is 16.2. The van der Waals surface area contributed by atoms with Crippen LogP contribution in [0.3, 0.4) is 0 Å². The molecule has 0 aliphatic heterocycles. The zero-order valence-electron chi connectivity index (χ0n) is 15.8. The number of hydrogen-bond acceptors (Lipinski definition) is 4. The second-order valence-electron chi connectivity index (χ2n) is 6.77. The Morgan fingerprint density at radius 2 is 1.75 bits per heavy atom. The van der Waals surface area contributed by atoms with Crippen LogP contribution < -0.4 is 16.1 Å². The lowest BCUT2D eigenvalue weighted by Crippen LogP contribution is -2.19. The summed E-state index contributed by atoms with van der Waals surface area (Å²) in [5.74, 6) is -0.394. The fourth-order valence-electron chi connectivity index (χ4n) is 2.73. The fraction of sp³-hybridized carbons (Fsp3) is 0.238. The predicted molar refractivity (Wildman–Crippen MR) is 109 cm³/mol. The van der Waals surface area contributed by atoms with Gasteiger partial charge in [-0.15, -0.1) is 0 Å². The molecule has 3 aromatic rings. The summed E-state index contributed by atoms with van der Waals surface area (Å²) in [4.78, 5) is 36.0. The molecule has 0 saturated carbocycles. The van der Waals surface area contributed by atoms with Crippen molar-refractivity contribution in [3.63, 3.8) is 0 Å². The van der Waals surface area contributed by atoms with Gasteiger partial charge in [0.05, 0.1) is 18.3 Å². The number of benzene rings is 2. The maximum Gasteiger partial charge on any atom is 0.226 e. The molecule has 0 atom stereocenters. The van der Waals surface area contributed by atoms with Crippen LogP contribution >= 0.6 is 0 Å². The van der Waals surface area contributed by atoms with E-state index in [0.717, 1.165) is 0 Å². The molecule has 144 valence electrons. The number of carbonyl (C=O) groups excluding carboxylic acids is 2. The van der Waals surface area contributed by atoms with Crippen LogP contribution in [0.2, 0.25) is 0 Å². The molecule has 2 aromatic carbocycles. The number of carbonyl (C=O) groups is 2. The van der Waals surface area contributed by atoms with Gasteiger partial charge in [0.15, 0.2) is 0 Å². The van der Waals surface area contributed by atoms with Gasteiger partial charge in [-0.2, -0.15) is 5.10 Å². The largest absolute Gasteiger partial charge is 0.326 e. The van der Waals surface area contributed by atoms with E-state index in [4.69, 9.17) is 0 Å². The van der Waals surface area contributed by atoms with E-state index in [2.05, 4.69) is 15.7 Å². The Morgan fingerprint density at radius 1 is 1.04 bits per heavy atom. The molecule has 1 heterocycles. The number of rotatable bonds is 6. The first-order chi connectivity index (χ1) is 13.4. The Kier molecular flexibility index (Phi) is 5.84. The zero-order valence-corrected chi connectivity index (χ0v) is 15.8. The Balaban J connectivity index is 1.65. The molecule has 0 radical (unpaired) electrons. The van der Waals surface area contributed by atoms with E-state index in [0.29, 0.717) is 28.8 Å². The van der Waals surface area contributed by atoms with Crippen LogP contribution in [0.1, 0.15) is 20.3 Å². The summed E-state index contributed by atoms with van der Waals surface area (Å²) in [7, 11) is 0. The molecule has 7 heteroatoms. The zero-order chi connectivity index (χ0) is 20.1. The Labute approximate surface area is 162 Å². The number of fused-ring (bicyclic) bond motifs is 1. The summed E-state index contributed by atoms with van der Waals surface area (Å²) in [6, 6.07) is 14.2. The first-order valence-electron chi connectivity index (χ1n) is 9.09. The molecule has 28 heavy (non-hydrogen) atoms. The SMILES string of the molecule is CC(C)C(=O)Nc1cccc(NC(=O)CCn2ncc(=O)c3ccccc32)c1. The van der Waals surface area contributed by atoms with Crippen LogP contribution in [0.4, 0.5) is 11.4 Å². The predicted octanol–water partition coefficient (Wildman–Crippen LogP) is 3.02. The summed E-state index contributed by atoms with van der Waals surface area (Å²) in [6.07, 6.45) is 1.46. The molecule has 0 aliphatic carbocycles. The number of aromatic nitrogens is 2. The summed E-state index contributed by atoms with van der Waals surface area (Å²) in [5, 5.41) is 10.3. The van der Waals surface area contributed by atoms with Gasteiger partial charge in [-0.25, -0.2) is 0 Å². The molecule has 3 rings (SSSR count). The highest BCUT2D eigenvalue weighted by Gasteiger charge is 2.09. The number of amides is 2. The molecule has 0 unspecified atom stereocenters. The minimum Gasteiger partial charge on any atom is -0.326 e. The van der Waals surface area contributed by atoms with Crippen LogP contribution in [0.25, 0.3) is 10.9 Å². The second kappa shape index (κ2) is 8.47. The van der Waals surface area contributed by atoms with Crippen molar-refractivity contribution in [3.8, 4) is 0 Å². The molecule has 0 saturated heterocycles. The van der Waals surface area contributed by atoms with Crippen molar-refractivity contribution in [2.75, 3.05) is 10.6 Å². The molecule has 2 amide bonds. The van der Waals surface area contributed by atoms with Crippen LogP contribution in [0.15, 0.2) is 59.5 Å². The van der Waals surface area contributed by atoms with Gasteiger partial charge >= 0.3 is 0 Å². The van der Waals surface area contributed by atoms with Crippen LogP contribution in [-0.2, 0) is 16.1 Å². The minimum atomic E-state index is -0.183. The molecule has 2 N–H and O–H groups in total. The van der Waals surface area contributed by atoms with Gasteiger partial charge in [-0.3, -0.25) is 19.1 Å². The van der Waals surface area contributed by atoms with Crippen LogP contribution in [0.5, 0.6) is 0 Å². The third-order valence-electron chi connectivity index (χ3n) is 4.25. The average Bonchev–Trinajstić information content (AvgIpc) is 2.68. The lowest BCUT2D eigenvalue weighted by atomic mass is 10.2. The van der Waals surface area contributed by atoms with E-state index in [1.54, 1.807) is 41.1 Å². The number of para-hydroxylation sites is 1. The first kappa shape index (κ1) is 19.3. The quantitative estimate of drug-likeness (QED) is 0.689. The summed E-state index contributed by atoms with van der Waals surface area (Å²) in [6.45, 7) is 3.97. The topological polar surface area (TPSA) is 93.1 Å². The number of nitrogens with one attached hydrogen (secondary N) is 2. The monoisotopic (exact) mass is 378 g/mol. The van der Waals surface area contributed by atoms with Crippen molar-refractivity contribution in [1.29, 1.82) is 0 Å². The molecular weight excluding hydrogens is 356 g/mol. The second-order valence-corrected chi connectivity index (χ2v) is 6.77. The van der Waals surface area contributed by atoms with E-state index in [1.165, 1.54) is 6.20 Å². The third kappa shape index (κ3) is 4.62. The molecule has 7 nitrogen and oxygen atoms in total. The van der Waals surface area contributed by atoms with E-state index in [1.807, 2.05) is 26.0 Å². The van der Waals surface area contributed by atoms with Crippen molar-refractivity contribution in [3.05, 3.63) is 65.0 Å². The van der Waals surface area contributed by atoms with Crippen molar-refractivity contribution in [2.24, 2.45) is 5.92 Å². The third-order valence-corrected chi connectivity index (χ3v) is 4.25. The number of hydrogen-bond donors (Lipinski definition) is 2. The lowest BCUT2D eigenvalue weighted by molar-refractivity contribution is -0.119. The van der Waals surface area contributed by atoms with Crippen molar-refractivity contribution in [1.82, 2.24) is 9.78 Å². The minimum absolute atomic E-state index is 0.0837. The number of anilines is 2. The van der Waals surface area contributed by atoms with Gasteiger partial charge in [0.2, 0.25) is 17.2 Å². The van der Waals surface area contributed by atoms with Gasteiger partial charge < -0.3 is 10.6 Å². The lowest BCUT2D eigenvalue weighted by Gasteiger charge is -2.11. The Hall–Kier alpha value is -3.48. The summed E-state index contributed by atoms with van der Waals surface area (Å²) < 4.78 is 1.65. The average molecular weight is 378 g/mol. The van der Waals surface area contributed by atoms with Gasteiger partial charge in [0, 0.05) is 29.1 Å². The normalized spacial score (nSPS) is 10.8. The van der Waals surface area contributed by atoms with E-state index >= 15 is 0 Å². The molecular formula is C21H22N4O3. The van der Waals surface area contributed by atoms with Crippen molar-refractivity contribution < 1.29 is 9.59 Å². The molecule has 0 spiro atoms. The van der Waals surface area contributed by atoms with Crippen LogP contribution in [-0.4, -0.2) is 21.6 Å². The summed E-state index contributed by atoms with van der Waals surface area (Å²) >= 11 is 0. The highest BCUT2D eigenvalue weighted by molar-refractivity contribution is 5.94. The summed E-state index contributed by atoms with van der Waals surface area (Å²) in [5.41, 5.74) is 1.78. The fourth-order valence-corrected chi connectivity index (χ4v) is 2.73. The number of aryl methyl sites for hydroxylation is 1. The smallest absolute Gasteiger partial charge is 0.226 e. The Morgan fingerprint density at radius 3 is 2.50 bits per heavy atom. The van der Waals surface area contributed by atoms with E-state index < -0.39 is 0 Å². The van der Waals surface area contributed by atoms with Gasteiger partial charge in [-0.05, 0) is 30.3 Å².